The van der Waals surface area contributed by atoms with E-state index in [1.54, 1.807) is 12.1 Å². The van der Waals surface area contributed by atoms with Gasteiger partial charge in [0, 0.05) is 21.5 Å². The molecule has 0 fully saturated rings. The maximum atomic E-state index is 9.97. The van der Waals surface area contributed by atoms with Crippen molar-refractivity contribution >= 4 is 152 Å². The molecule has 2 heterocycles. The largest absolute Gasteiger partial charge is 0.456 e. The first-order valence-corrected chi connectivity index (χ1v) is 31.5. The molecular formula is C100H60O2. The Morgan fingerprint density at radius 3 is 1.33 bits per heavy atom. The highest BCUT2D eigenvalue weighted by atomic mass is 16.3. The minimum Gasteiger partial charge on any atom is -0.456 e. The summed E-state index contributed by atoms with van der Waals surface area (Å²) in [5, 5.41) is -4.26. The molecule has 0 atom stereocenters. The summed E-state index contributed by atoms with van der Waals surface area (Å²) in [5.74, 6) is 0. The second kappa shape index (κ2) is 23.1. The fourth-order valence-electron chi connectivity index (χ4n) is 14.0. The minimum atomic E-state index is -1.14. The van der Waals surface area contributed by atoms with Crippen molar-refractivity contribution in [1.82, 2.24) is 0 Å². The standard InChI is InChI=1S/2C50H30O/c1-3-15-34-31(12-1)14-11-23-39(34)48-40-19-7-9-21-42(40)49(43-22-10-8-20-41(43)48)44-28-27-35(37-17-5-6-18-38(37)44)33-24-26-45-47(30-33)51-46-29-25-32-13-2-4-16-36(32)50(45)46;1-2-13-33-29-35(22-21-31(33)11-1)48-40-17-7-9-19-42(40)49(43-20-10-8-18-41(43)48)44-27-26-36(38-15-5-6-16-39(38)44)34-23-25-45-47(30-34)51-46-28-24-32-12-3-4-14-37(32)50(45)46/h2*1-30H/i1D,2D,3D,4D,5D,6D,7D,8D,9D,10D,11D,12D,13D,14D,15D,16D,17D,18D,19D,20D,21D,22D,23D,24D,25D,26D,27D,28D,29D,30D;1D,2D,7D,8D,9D,10D,11D,13D,17D,18D,19D,20D,21D,22D,29D. The number of furan rings is 2. The van der Waals surface area contributed by atoms with Crippen LogP contribution in [0.15, 0.2) is 372 Å². The molecule has 22 rings (SSSR count). The SMILES string of the molecule is [2H]c1c([2H])c([2H])c2c(-c3c4c([2H])c([2H])c([2H])c([2H])c4c(-c4c([2H])c([2H])c(-c5c([2H])c([2H])c6c(oc7c([2H])c([2H])c8c([2H])c([2H])c([2H])c([2H])c8c76)c5[2H])c5c([2H])c([2H])c([2H])c([2H])c45)c4c([2H])c([2H])c([2H])c([2H])c34)c([2H])c([2H])c([2H])c2c1[2H].[2H]c1c([2H])c([2H])c2c([2H])c(-c3c4c([2H])c([2H])c([2H])c([2H])c4c(-c4ccc(-c5ccc6c(c5)oc5ccc7ccccc7c56)c5ccccc45)c4c([2H])c([2H])c([2H])c([2H])c34)c([2H])c([2H])c2c1[2H]. The molecule has 0 unspecified atom stereocenters. The molecule has 0 bridgehead atoms. The Morgan fingerprint density at radius 1 is 0.186 bits per heavy atom. The minimum absolute atomic E-state index is 0.0389. The second-order valence-corrected chi connectivity index (χ2v) is 23.7. The van der Waals surface area contributed by atoms with E-state index < -0.39 is 392 Å². The lowest BCUT2D eigenvalue weighted by Gasteiger charge is -2.20. The van der Waals surface area contributed by atoms with Gasteiger partial charge in [-0.05, 0) is 217 Å². The fraction of sp³-hybridized carbons (Fsp3) is 0. The first-order valence-electron chi connectivity index (χ1n) is 54.0. The van der Waals surface area contributed by atoms with Crippen LogP contribution in [-0.4, -0.2) is 0 Å². The third kappa shape index (κ3) is 9.00. The van der Waals surface area contributed by atoms with Crippen molar-refractivity contribution in [1.29, 1.82) is 0 Å². The lowest BCUT2D eigenvalue weighted by Crippen LogP contribution is -1.93. The number of hydrogen-bond donors (Lipinski definition) is 0. The van der Waals surface area contributed by atoms with Gasteiger partial charge in [-0.2, -0.15) is 0 Å². The molecule has 0 aliphatic carbocycles. The zero-order chi connectivity index (χ0) is 106. The average Bonchev–Trinajstić information content (AvgIpc) is 0.704. The van der Waals surface area contributed by atoms with E-state index in [-0.39, 0.29) is 38.1 Å². The topological polar surface area (TPSA) is 26.3 Å². The summed E-state index contributed by atoms with van der Waals surface area (Å²) in [6.07, 6.45) is 0. The van der Waals surface area contributed by atoms with E-state index in [0.717, 1.165) is 38.3 Å². The number of hydrogen-bond acceptors (Lipinski definition) is 2. The normalized spacial score (nSPS) is 18.1. The summed E-state index contributed by atoms with van der Waals surface area (Å²) in [6, 6.07) is -9.58. The summed E-state index contributed by atoms with van der Waals surface area (Å²) in [5.41, 5.74) is -3.52. The summed E-state index contributed by atoms with van der Waals surface area (Å²) in [4.78, 5) is 0. The molecule has 20 aromatic carbocycles. The molecule has 0 radical (unpaired) electrons. The van der Waals surface area contributed by atoms with Crippen LogP contribution in [0.3, 0.4) is 0 Å². The second-order valence-electron chi connectivity index (χ2n) is 23.7. The molecule has 0 saturated heterocycles. The Labute approximate surface area is 650 Å². The van der Waals surface area contributed by atoms with Crippen molar-refractivity contribution in [2.75, 3.05) is 0 Å². The van der Waals surface area contributed by atoms with Crippen molar-refractivity contribution in [2.45, 2.75) is 0 Å². The summed E-state index contributed by atoms with van der Waals surface area (Å²) < 4.78 is 421. The lowest BCUT2D eigenvalue weighted by atomic mass is 9.83. The van der Waals surface area contributed by atoms with Crippen LogP contribution in [0, 0.1) is 0 Å². The van der Waals surface area contributed by atoms with E-state index in [1.807, 2.05) is 72.8 Å². The van der Waals surface area contributed by atoms with Crippen LogP contribution in [0.4, 0.5) is 0 Å². The van der Waals surface area contributed by atoms with E-state index in [0.29, 0.717) is 21.9 Å². The molecule has 102 heavy (non-hydrogen) atoms. The maximum Gasteiger partial charge on any atom is 0.136 e. The van der Waals surface area contributed by atoms with E-state index in [4.69, 9.17) is 45.8 Å². The van der Waals surface area contributed by atoms with Gasteiger partial charge in [0.1, 0.15) is 22.3 Å². The van der Waals surface area contributed by atoms with Crippen molar-refractivity contribution < 1.29 is 70.5 Å². The van der Waals surface area contributed by atoms with Crippen molar-refractivity contribution in [3.63, 3.8) is 0 Å². The van der Waals surface area contributed by atoms with E-state index in [9.17, 15) is 24.7 Å². The van der Waals surface area contributed by atoms with Gasteiger partial charge >= 0.3 is 0 Å². The lowest BCUT2D eigenvalue weighted by molar-refractivity contribution is 0.669. The van der Waals surface area contributed by atoms with Crippen LogP contribution >= 0.6 is 0 Å². The molecule has 2 nitrogen and oxygen atoms in total. The van der Waals surface area contributed by atoms with Crippen molar-refractivity contribution in [2.24, 2.45) is 0 Å². The predicted molar refractivity (Wildman–Crippen MR) is 435 cm³/mol. The zero-order valence-electron chi connectivity index (χ0n) is 97.0. The summed E-state index contributed by atoms with van der Waals surface area (Å²) in [7, 11) is 0. The summed E-state index contributed by atoms with van der Waals surface area (Å²) >= 11 is 0. The molecular weight excluding hydrogens is 1230 g/mol. The quantitative estimate of drug-likeness (QED) is 0.155. The van der Waals surface area contributed by atoms with Gasteiger partial charge in [0.25, 0.3) is 0 Å². The van der Waals surface area contributed by atoms with Crippen LogP contribution in [0.1, 0.15) is 61.7 Å². The van der Waals surface area contributed by atoms with Gasteiger partial charge in [0.15, 0.2) is 0 Å². The molecule has 0 saturated carbocycles. The monoisotopic (exact) mass is 1340 g/mol. The third-order valence-corrected chi connectivity index (χ3v) is 18.4. The van der Waals surface area contributed by atoms with Gasteiger partial charge in [-0.1, -0.05) is 321 Å². The smallest absolute Gasteiger partial charge is 0.136 e. The molecule has 0 amide bonds. The van der Waals surface area contributed by atoms with Crippen molar-refractivity contribution in [3.05, 3.63) is 363 Å². The predicted octanol–water partition coefficient (Wildman–Crippen LogP) is 28.7. The first-order chi connectivity index (χ1) is 69.3. The highest BCUT2D eigenvalue weighted by molar-refractivity contribution is 6.28. The molecule has 472 valence electrons. The van der Waals surface area contributed by atoms with Crippen LogP contribution in [0.2, 0.25) is 0 Å². The number of rotatable bonds is 6. The van der Waals surface area contributed by atoms with E-state index in [1.165, 1.54) is 0 Å². The molecule has 0 N–H and O–H groups in total. The Bertz CT molecular complexity index is 9960. The van der Waals surface area contributed by atoms with Crippen LogP contribution in [0.5, 0.6) is 0 Å². The molecule has 2 aromatic heterocycles. The van der Waals surface area contributed by atoms with Gasteiger partial charge in [-0.25, -0.2) is 0 Å². The molecule has 22 aromatic rings. The Hall–Kier alpha value is -13.4. The Kier molecular flexibility index (Phi) is 6.53. The van der Waals surface area contributed by atoms with Gasteiger partial charge in [-0.15, -0.1) is 0 Å². The molecule has 2 heteroatoms. The molecule has 0 aliphatic heterocycles. The fourth-order valence-corrected chi connectivity index (χ4v) is 14.0. The van der Waals surface area contributed by atoms with Gasteiger partial charge in [0.05, 0.1) is 61.7 Å². The number of benzene rings is 20. The summed E-state index contributed by atoms with van der Waals surface area (Å²) in [6.45, 7) is 0. The van der Waals surface area contributed by atoms with Crippen molar-refractivity contribution in [3.8, 4) is 66.8 Å². The van der Waals surface area contributed by atoms with Crippen LogP contribution in [-0.2, 0) is 0 Å². The number of fused-ring (bicyclic) bond motifs is 18. The Balaban J connectivity index is 0.000000176. The van der Waals surface area contributed by atoms with E-state index in [2.05, 4.69) is 6.07 Å². The van der Waals surface area contributed by atoms with Gasteiger partial charge in [0.2, 0.25) is 0 Å². The first kappa shape index (κ1) is 28.8. The molecule has 0 aliphatic rings. The van der Waals surface area contributed by atoms with E-state index >= 15 is 0 Å². The maximum absolute atomic E-state index is 9.97. The van der Waals surface area contributed by atoms with Gasteiger partial charge < -0.3 is 8.83 Å². The Morgan fingerprint density at radius 2 is 0.657 bits per heavy atom. The van der Waals surface area contributed by atoms with Crippen LogP contribution in [0.25, 0.3) is 218 Å². The average molecular weight is 1340 g/mol. The van der Waals surface area contributed by atoms with Gasteiger partial charge in [-0.3, -0.25) is 0 Å². The third-order valence-electron chi connectivity index (χ3n) is 18.4. The molecule has 0 spiro atoms. The van der Waals surface area contributed by atoms with Crippen LogP contribution < -0.4 is 0 Å². The highest BCUT2D eigenvalue weighted by Crippen LogP contribution is 2.51. The zero-order valence-corrected chi connectivity index (χ0v) is 52.0. The highest BCUT2D eigenvalue weighted by Gasteiger charge is 2.24.